The third kappa shape index (κ3) is 5.54. The molecule has 0 fully saturated rings. The van der Waals surface area contributed by atoms with Gasteiger partial charge >= 0.3 is 0 Å². The number of anilines is 1. The molecule has 0 bridgehead atoms. The lowest BCUT2D eigenvalue weighted by Crippen LogP contribution is -2.29. The van der Waals surface area contributed by atoms with Gasteiger partial charge in [-0.3, -0.25) is 14.5 Å². The maximum Gasteiger partial charge on any atom is 0.262 e. The monoisotopic (exact) mass is 407 g/mol. The van der Waals surface area contributed by atoms with Gasteiger partial charge in [-0.25, -0.2) is 12.8 Å². The van der Waals surface area contributed by atoms with Crippen LogP contribution in [-0.2, 0) is 14.8 Å². The fraction of sp³-hybridized carbons (Fsp3) is 0.222. The molecule has 2 N–H and O–H groups in total. The van der Waals surface area contributed by atoms with E-state index in [1.54, 1.807) is 24.3 Å². The third-order valence-corrected chi connectivity index (χ3v) is 6.13. The summed E-state index contributed by atoms with van der Waals surface area (Å²) in [6.07, 6.45) is 1.44. The van der Waals surface area contributed by atoms with Crippen molar-refractivity contribution in [2.45, 2.75) is 22.6 Å². The molecule has 1 aliphatic heterocycles. The van der Waals surface area contributed by atoms with E-state index in [-0.39, 0.29) is 22.4 Å². The zero-order chi connectivity index (χ0) is 19.3. The number of nitrogens with one attached hydrogen (secondary N) is 2. The Labute approximate surface area is 161 Å². The average Bonchev–Trinajstić information content (AvgIpc) is 3.14. The van der Waals surface area contributed by atoms with E-state index in [0.29, 0.717) is 24.5 Å². The predicted octanol–water partition coefficient (Wildman–Crippen LogP) is 3.03. The zero-order valence-electron chi connectivity index (χ0n) is 14.3. The number of halogens is 1. The molecule has 0 spiro atoms. The van der Waals surface area contributed by atoms with Crippen LogP contribution in [0.15, 0.2) is 63.3 Å². The van der Waals surface area contributed by atoms with Crippen molar-refractivity contribution in [2.75, 3.05) is 17.6 Å². The molecular weight excluding hydrogens is 389 g/mol. The summed E-state index contributed by atoms with van der Waals surface area (Å²) in [4.78, 5) is 17.0. The van der Waals surface area contributed by atoms with Crippen molar-refractivity contribution in [2.24, 2.45) is 4.99 Å². The Balaban J connectivity index is 1.61. The largest absolute Gasteiger partial charge is 0.325 e. The predicted molar refractivity (Wildman–Crippen MR) is 104 cm³/mol. The first kappa shape index (κ1) is 19.4. The summed E-state index contributed by atoms with van der Waals surface area (Å²) in [5, 5.41) is 2.67. The Bertz CT molecular complexity index is 960. The molecule has 6 nitrogen and oxygen atoms in total. The zero-order valence-corrected chi connectivity index (χ0v) is 15.9. The summed E-state index contributed by atoms with van der Waals surface area (Å²) in [5.41, 5.74) is 0.385. The van der Waals surface area contributed by atoms with Gasteiger partial charge in [-0.15, -0.1) is 11.8 Å². The van der Waals surface area contributed by atoms with Crippen LogP contribution in [0.5, 0.6) is 0 Å². The number of rotatable bonds is 6. The van der Waals surface area contributed by atoms with Crippen LogP contribution in [0.25, 0.3) is 0 Å². The molecule has 1 aliphatic rings. The van der Waals surface area contributed by atoms with Gasteiger partial charge in [0.2, 0.25) is 5.91 Å². The first-order valence-electron chi connectivity index (χ1n) is 8.27. The molecule has 9 heteroatoms. The number of amides is 1. The molecule has 1 amide bonds. The van der Waals surface area contributed by atoms with Crippen LogP contribution in [-0.4, -0.2) is 32.5 Å². The van der Waals surface area contributed by atoms with Gasteiger partial charge < -0.3 is 5.32 Å². The molecule has 0 radical (unpaired) electrons. The van der Waals surface area contributed by atoms with Crippen molar-refractivity contribution in [3.63, 3.8) is 0 Å². The highest BCUT2D eigenvalue weighted by Gasteiger charge is 2.18. The number of nitrogens with zero attached hydrogens (tertiary/aromatic N) is 1. The van der Waals surface area contributed by atoms with Crippen molar-refractivity contribution in [1.29, 1.82) is 0 Å². The molecule has 0 atom stereocenters. The van der Waals surface area contributed by atoms with Crippen LogP contribution in [0.4, 0.5) is 10.1 Å². The Morgan fingerprint density at radius 2 is 1.96 bits per heavy atom. The molecule has 142 valence electrons. The number of sulfonamides is 1. The van der Waals surface area contributed by atoms with E-state index in [2.05, 4.69) is 15.0 Å². The Morgan fingerprint density at radius 3 is 2.67 bits per heavy atom. The molecule has 2 aromatic carbocycles. The van der Waals surface area contributed by atoms with Gasteiger partial charge in [0.05, 0.1) is 10.6 Å². The molecular formula is C18H18FN3O3S2. The summed E-state index contributed by atoms with van der Waals surface area (Å²) in [7, 11) is -3.73. The minimum atomic E-state index is -3.73. The fourth-order valence-electron chi connectivity index (χ4n) is 2.45. The maximum absolute atomic E-state index is 12.9. The number of aliphatic imine (C=N–C) groups is 1. The molecule has 0 aliphatic carbocycles. The van der Waals surface area contributed by atoms with Crippen LogP contribution >= 0.6 is 11.8 Å². The lowest BCUT2D eigenvalue weighted by atomic mass is 10.3. The fourth-order valence-corrected chi connectivity index (χ4v) is 4.29. The summed E-state index contributed by atoms with van der Waals surface area (Å²) < 4.78 is 40.2. The second-order valence-corrected chi connectivity index (χ2v) is 8.59. The highest BCUT2D eigenvalue weighted by atomic mass is 32.2. The molecule has 27 heavy (non-hydrogen) atoms. The number of amidine groups is 1. The molecule has 0 aromatic heterocycles. The quantitative estimate of drug-likeness (QED) is 0.721. The van der Waals surface area contributed by atoms with E-state index in [1.807, 2.05) is 0 Å². The normalized spacial score (nSPS) is 13.9. The van der Waals surface area contributed by atoms with E-state index >= 15 is 0 Å². The average molecular weight is 407 g/mol. The SMILES string of the molecule is O=C(CSc1ccc(F)cc1)Nc1cccc(S(=O)(=O)NC2=NCCC2)c1. The smallest absolute Gasteiger partial charge is 0.262 e. The summed E-state index contributed by atoms with van der Waals surface area (Å²) in [6, 6.07) is 11.9. The highest BCUT2D eigenvalue weighted by molar-refractivity contribution is 8.00. The first-order valence-corrected chi connectivity index (χ1v) is 10.7. The van der Waals surface area contributed by atoms with Crippen molar-refractivity contribution >= 4 is 39.2 Å². The van der Waals surface area contributed by atoms with Gasteiger partial charge in [0, 0.05) is 23.5 Å². The maximum atomic E-state index is 12.9. The van der Waals surface area contributed by atoms with Crippen molar-refractivity contribution in [3.8, 4) is 0 Å². The van der Waals surface area contributed by atoms with Crippen molar-refractivity contribution < 1.29 is 17.6 Å². The lowest BCUT2D eigenvalue weighted by molar-refractivity contribution is -0.113. The number of carbonyl (C=O) groups excluding carboxylic acids is 1. The Hall–Kier alpha value is -2.39. The van der Waals surface area contributed by atoms with Gasteiger partial charge in [-0.05, 0) is 48.9 Å². The second kappa shape index (κ2) is 8.53. The van der Waals surface area contributed by atoms with E-state index in [4.69, 9.17) is 0 Å². The number of thioether (sulfide) groups is 1. The molecule has 2 aromatic rings. The summed E-state index contributed by atoms with van der Waals surface area (Å²) >= 11 is 1.26. The first-order chi connectivity index (χ1) is 12.9. The summed E-state index contributed by atoms with van der Waals surface area (Å²) in [5.74, 6) is -0.0383. The Morgan fingerprint density at radius 1 is 1.19 bits per heavy atom. The van der Waals surface area contributed by atoms with Gasteiger partial charge in [0.15, 0.2) is 0 Å². The number of carbonyl (C=O) groups is 1. The second-order valence-electron chi connectivity index (χ2n) is 5.86. The minimum Gasteiger partial charge on any atom is -0.325 e. The van der Waals surface area contributed by atoms with Crippen LogP contribution in [0, 0.1) is 5.82 Å². The van der Waals surface area contributed by atoms with E-state index in [9.17, 15) is 17.6 Å². The number of hydrogen-bond acceptors (Lipinski definition) is 5. The lowest BCUT2D eigenvalue weighted by Gasteiger charge is -2.10. The van der Waals surface area contributed by atoms with E-state index in [0.717, 1.165) is 11.3 Å². The summed E-state index contributed by atoms with van der Waals surface area (Å²) in [6.45, 7) is 0.625. The molecule has 0 saturated carbocycles. The number of hydrogen-bond donors (Lipinski definition) is 2. The number of benzene rings is 2. The minimum absolute atomic E-state index is 0.0566. The topological polar surface area (TPSA) is 87.6 Å². The molecule has 0 unspecified atom stereocenters. The van der Waals surface area contributed by atoms with Crippen molar-refractivity contribution in [3.05, 3.63) is 54.3 Å². The van der Waals surface area contributed by atoms with E-state index in [1.165, 1.54) is 36.0 Å². The van der Waals surface area contributed by atoms with Crippen LogP contribution in [0.1, 0.15) is 12.8 Å². The molecule has 0 saturated heterocycles. The van der Waals surface area contributed by atoms with Gasteiger partial charge in [-0.1, -0.05) is 6.07 Å². The van der Waals surface area contributed by atoms with Crippen molar-refractivity contribution in [1.82, 2.24) is 4.72 Å². The standard InChI is InChI=1S/C18H18FN3O3S2/c19-13-6-8-15(9-7-13)26-12-18(23)21-14-3-1-4-16(11-14)27(24,25)22-17-5-2-10-20-17/h1,3-4,6-9,11H,2,5,10,12H2,(H,20,22)(H,21,23). The van der Waals surface area contributed by atoms with Crippen LogP contribution in [0.3, 0.4) is 0 Å². The third-order valence-electron chi connectivity index (χ3n) is 3.74. The van der Waals surface area contributed by atoms with Gasteiger partial charge in [0.25, 0.3) is 10.0 Å². The van der Waals surface area contributed by atoms with Crippen LogP contribution < -0.4 is 10.0 Å². The Kier molecular flexibility index (Phi) is 6.12. The molecule has 3 rings (SSSR count). The van der Waals surface area contributed by atoms with Crippen LogP contribution in [0.2, 0.25) is 0 Å². The van der Waals surface area contributed by atoms with Gasteiger partial charge in [-0.2, -0.15) is 0 Å². The van der Waals surface area contributed by atoms with Gasteiger partial charge in [0.1, 0.15) is 11.7 Å². The molecule has 1 heterocycles. The van der Waals surface area contributed by atoms with E-state index < -0.39 is 10.0 Å². The highest BCUT2D eigenvalue weighted by Crippen LogP contribution is 2.20.